The molecular formula is C15H13NO. The van der Waals surface area contributed by atoms with E-state index in [0.717, 1.165) is 11.3 Å². The summed E-state index contributed by atoms with van der Waals surface area (Å²) in [5, 5.41) is 10.7. The average molecular weight is 223 g/mol. The van der Waals surface area contributed by atoms with E-state index in [4.69, 9.17) is 0 Å². The van der Waals surface area contributed by atoms with Crippen LogP contribution in [0.2, 0.25) is 0 Å². The third-order valence-corrected chi connectivity index (χ3v) is 3.09. The lowest BCUT2D eigenvalue weighted by Gasteiger charge is -2.04. The Morgan fingerprint density at radius 1 is 0.941 bits per heavy atom. The quantitative estimate of drug-likeness (QED) is 0.670. The lowest BCUT2D eigenvalue weighted by atomic mass is 10.1. The highest BCUT2D eigenvalue weighted by Crippen LogP contribution is 2.28. The molecule has 84 valence electrons. The molecule has 0 aliphatic carbocycles. The molecule has 0 radical (unpaired) electrons. The van der Waals surface area contributed by atoms with Gasteiger partial charge in [0.15, 0.2) is 0 Å². The molecule has 1 N–H and O–H groups in total. The number of phenolic OH excluding ortho intramolecular Hbond substituents is 1. The first-order valence-corrected chi connectivity index (χ1v) is 5.59. The lowest BCUT2D eigenvalue weighted by molar-refractivity contribution is 0.475. The van der Waals surface area contributed by atoms with Crippen molar-refractivity contribution >= 4 is 10.9 Å². The van der Waals surface area contributed by atoms with Gasteiger partial charge in [0.1, 0.15) is 5.75 Å². The number of hydrogen-bond acceptors (Lipinski definition) is 1. The number of phenols is 1. The summed E-state index contributed by atoms with van der Waals surface area (Å²) < 4.78 is 2.14. The standard InChI is InChI=1S/C15H13NO/c1-16-14-8-3-2-5-12(14)10-15(16)11-6-4-7-13(17)9-11/h2-10,17H,1H3. The van der Waals surface area contributed by atoms with Gasteiger partial charge in [0, 0.05) is 29.2 Å². The number of aromatic nitrogens is 1. The van der Waals surface area contributed by atoms with Crippen molar-refractivity contribution in [1.82, 2.24) is 4.57 Å². The van der Waals surface area contributed by atoms with Gasteiger partial charge >= 0.3 is 0 Å². The van der Waals surface area contributed by atoms with Crippen LogP contribution in [-0.2, 0) is 7.05 Å². The summed E-state index contributed by atoms with van der Waals surface area (Å²) in [5.41, 5.74) is 3.34. The van der Waals surface area contributed by atoms with Gasteiger partial charge in [0.05, 0.1) is 0 Å². The van der Waals surface area contributed by atoms with Crippen LogP contribution in [0, 0.1) is 0 Å². The smallest absolute Gasteiger partial charge is 0.116 e. The molecule has 0 atom stereocenters. The Hall–Kier alpha value is -2.22. The molecule has 2 aromatic carbocycles. The summed E-state index contributed by atoms with van der Waals surface area (Å²) in [6, 6.07) is 17.8. The summed E-state index contributed by atoms with van der Waals surface area (Å²) in [4.78, 5) is 0. The van der Waals surface area contributed by atoms with Gasteiger partial charge in [-0.3, -0.25) is 0 Å². The van der Waals surface area contributed by atoms with Gasteiger partial charge in [0.2, 0.25) is 0 Å². The van der Waals surface area contributed by atoms with E-state index < -0.39 is 0 Å². The van der Waals surface area contributed by atoms with Crippen molar-refractivity contribution in [3.63, 3.8) is 0 Å². The Labute approximate surface area is 99.7 Å². The Morgan fingerprint density at radius 3 is 2.53 bits per heavy atom. The van der Waals surface area contributed by atoms with E-state index >= 15 is 0 Å². The minimum absolute atomic E-state index is 0.299. The zero-order valence-electron chi connectivity index (χ0n) is 9.59. The van der Waals surface area contributed by atoms with E-state index in [1.54, 1.807) is 12.1 Å². The minimum atomic E-state index is 0.299. The van der Waals surface area contributed by atoms with Gasteiger partial charge in [-0.1, -0.05) is 30.3 Å². The molecule has 2 nitrogen and oxygen atoms in total. The Bertz CT molecular complexity index is 682. The van der Waals surface area contributed by atoms with Crippen LogP contribution in [-0.4, -0.2) is 9.67 Å². The molecule has 2 heteroatoms. The molecule has 0 aliphatic heterocycles. The van der Waals surface area contributed by atoms with Gasteiger partial charge in [-0.15, -0.1) is 0 Å². The molecule has 17 heavy (non-hydrogen) atoms. The molecular weight excluding hydrogens is 210 g/mol. The van der Waals surface area contributed by atoms with Crippen LogP contribution >= 0.6 is 0 Å². The molecule has 3 rings (SSSR count). The molecule has 0 bridgehead atoms. The number of nitrogens with zero attached hydrogens (tertiary/aromatic N) is 1. The molecule has 1 aromatic heterocycles. The fourth-order valence-electron chi connectivity index (χ4n) is 2.23. The third kappa shape index (κ3) is 1.58. The number of aromatic hydroxyl groups is 1. The van der Waals surface area contributed by atoms with Crippen molar-refractivity contribution in [2.75, 3.05) is 0 Å². The summed E-state index contributed by atoms with van der Waals surface area (Å²) in [6.07, 6.45) is 0. The maximum absolute atomic E-state index is 9.53. The van der Waals surface area contributed by atoms with Crippen molar-refractivity contribution in [2.24, 2.45) is 7.05 Å². The van der Waals surface area contributed by atoms with Crippen LogP contribution < -0.4 is 0 Å². The molecule has 1 heterocycles. The van der Waals surface area contributed by atoms with Crippen molar-refractivity contribution < 1.29 is 5.11 Å². The molecule has 0 amide bonds. The Kier molecular flexibility index (Phi) is 2.15. The van der Waals surface area contributed by atoms with Gasteiger partial charge in [0.25, 0.3) is 0 Å². The summed E-state index contributed by atoms with van der Waals surface area (Å²) in [7, 11) is 2.04. The van der Waals surface area contributed by atoms with E-state index in [-0.39, 0.29) is 0 Å². The first kappa shape index (κ1) is 9.97. The number of rotatable bonds is 1. The lowest BCUT2D eigenvalue weighted by Crippen LogP contribution is -1.90. The number of benzene rings is 2. The number of aryl methyl sites for hydroxylation is 1. The third-order valence-electron chi connectivity index (χ3n) is 3.09. The van der Waals surface area contributed by atoms with E-state index in [1.807, 2.05) is 31.3 Å². The zero-order valence-corrected chi connectivity index (χ0v) is 9.59. The monoisotopic (exact) mass is 223 g/mol. The largest absolute Gasteiger partial charge is 0.508 e. The molecule has 0 saturated carbocycles. The number of para-hydroxylation sites is 1. The highest BCUT2D eigenvalue weighted by atomic mass is 16.3. The zero-order chi connectivity index (χ0) is 11.8. The summed E-state index contributed by atoms with van der Waals surface area (Å²) >= 11 is 0. The van der Waals surface area contributed by atoms with Crippen molar-refractivity contribution in [2.45, 2.75) is 0 Å². The maximum atomic E-state index is 9.53. The van der Waals surface area contributed by atoms with Gasteiger partial charge in [-0.25, -0.2) is 0 Å². The predicted octanol–water partition coefficient (Wildman–Crippen LogP) is 3.55. The fourth-order valence-corrected chi connectivity index (χ4v) is 2.23. The molecule has 0 fully saturated rings. The average Bonchev–Trinajstić information content (AvgIpc) is 2.68. The second kappa shape index (κ2) is 3.67. The molecule has 0 unspecified atom stereocenters. The first-order valence-electron chi connectivity index (χ1n) is 5.59. The normalized spacial score (nSPS) is 10.9. The Morgan fingerprint density at radius 2 is 1.76 bits per heavy atom. The van der Waals surface area contributed by atoms with Crippen LogP contribution in [0.25, 0.3) is 22.2 Å². The SMILES string of the molecule is Cn1c(-c2cccc(O)c2)cc2ccccc21. The van der Waals surface area contributed by atoms with Crippen LogP contribution in [0.4, 0.5) is 0 Å². The van der Waals surface area contributed by atoms with Crippen LogP contribution in [0.5, 0.6) is 5.75 Å². The first-order chi connectivity index (χ1) is 8.25. The van der Waals surface area contributed by atoms with Crippen LogP contribution in [0.3, 0.4) is 0 Å². The van der Waals surface area contributed by atoms with Gasteiger partial charge in [-0.2, -0.15) is 0 Å². The van der Waals surface area contributed by atoms with Crippen LogP contribution in [0.15, 0.2) is 54.6 Å². The minimum Gasteiger partial charge on any atom is -0.508 e. The molecule has 0 aliphatic rings. The topological polar surface area (TPSA) is 25.2 Å². The van der Waals surface area contributed by atoms with Crippen molar-refractivity contribution in [3.8, 4) is 17.0 Å². The Balaban J connectivity index is 2.27. The van der Waals surface area contributed by atoms with Crippen molar-refractivity contribution in [1.29, 1.82) is 0 Å². The second-order valence-corrected chi connectivity index (χ2v) is 4.20. The van der Waals surface area contributed by atoms with E-state index in [0.29, 0.717) is 5.75 Å². The van der Waals surface area contributed by atoms with Crippen molar-refractivity contribution in [3.05, 3.63) is 54.6 Å². The van der Waals surface area contributed by atoms with Gasteiger partial charge < -0.3 is 9.67 Å². The van der Waals surface area contributed by atoms with Crippen LogP contribution in [0.1, 0.15) is 0 Å². The highest BCUT2D eigenvalue weighted by Gasteiger charge is 2.07. The molecule has 3 aromatic rings. The second-order valence-electron chi connectivity index (χ2n) is 4.20. The number of hydrogen-bond donors (Lipinski definition) is 1. The highest BCUT2D eigenvalue weighted by molar-refractivity contribution is 5.87. The number of fused-ring (bicyclic) bond motifs is 1. The molecule has 0 spiro atoms. The molecule has 0 saturated heterocycles. The van der Waals surface area contributed by atoms with E-state index in [9.17, 15) is 5.11 Å². The van der Waals surface area contributed by atoms with E-state index in [1.165, 1.54) is 10.9 Å². The van der Waals surface area contributed by atoms with E-state index in [2.05, 4.69) is 22.8 Å². The fraction of sp³-hybridized carbons (Fsp3) is 0.0667. The maximum Gasteiger partial charge on any atom is 0.116 e. The summed E-state index contributed by atoms with van der Waals surface area (Å²) in [5.74, 6) is 0.299. The summed E-state index contributed by atoms with van der Waals surface area (Å²) in [6.45, 7) is 0. The predicted molar refractivity (Wildman–Crippen MR) is 70.0 cm³/mol. The van der Waals surface area contributed by atoms with Gasteiger partial charge in [-0.05, 0) is 24.3 Å².